The monoisotopic (exact) mass is 343 g/mol. The molecule has 1 N–H and O–H groups in total. The van der Waals surface area contributed by atoms with Crippen LogP contribution in [0.4, 0.5) is 0 Å². The van der Waals surface area contributed by atoms with Crippen LogP contribution in [0, 0.1) is 11.3 Å². The summed E-state index contributed by atoms with van der Waals surface area (Å²) < 4.78 is 6.23. The van der Waals surface area contributed by atoms with Gasteiger partial charge in [-0.15, -0.1) is 0 Å². The second kappa shape index (κ2) is 8.92. The number of methoxy groups -OCH3 is 1. The van der Waals surface area contributed by atoms with E-state index in [0.29, 0.717) is 29.9 Å². The molecule has 1 aromatic carbocycles. The van der Waals surface area contributed by atoms with E-state index in [9.17, 15) is 9.59 Å². The largest absolute Gasteiger partial charge is 0.383 e. The molecule has 0 fully saturated rings. The molecule has 2 rings (SSSR count). The Morgan fingerprint density at radius 2 is 2.20 bits per heavy atom. The topological polar surface area (TPSA) is 100 Å². The van der Waals surface area contributed by atoms with Crippen molar-refractivity contribution >= 4 is 16.8 Å². The van der Waals surface area contributed by atoms with E-state index in [4.69, 9.17) is 10.00 Å². The molecule has 0 unspecified atom stereocenters. The number of nitrogens with one attached hydrogen (secondary N) is 1. The average Bonchev–Trinajstić information content (AvgIpc) is 2.58. The third-order valence-corrected chi connectivity index (χ3v) is 3.62. The maximum atomic E-state index is 12.6. The summed E-state index contributed by atoms with van der Waals surface area (Å²) in [7, 11) is 3.33. The quantitative estimate of drug-likeness (QED) is 0.683. The Hall–Kier alpha value is -2.76. The number of carbonyl (C=O) groups is 1. The van der Waals surface area contributed by atoms with Gasteiger partial charge in [-0.25, -0.2) is 4.98 Å². The van der Waals surface area contributed by atoms with Crippen LogP contribution in [0.5, 0.6) is 0 Å². The van der Waals surface area contributed by atoms with Crippen LogP contribution < -0.4 is 10.9 Å². The van der Waals surface area contributed by atoms with Crippen molar-refractivity contribution in [3.63, 3.8) is 0 Å². The van der Waals surface area contributed by atoms with E-state index in [1.165, 1.54) is 4.57 Å². The van der Waals surface area contributed by atoms with E-state index >= 15 is 0 Å². The van der Waals surface area contributed by atoms with E-state index in [0.717, 1.165) is 0 Å². The minimum atomic E-state index is -0.250. The van der Waals surface area contributed by atoms with Crippen LogP contribution in [0.1, 0.15) is 5.82 Å². The van der Waals surface area contributed by atoms with E-state index in [1.54, 1.807) is 43.3 Å². The summed E-state index contributed by atoms with van der Waals surface area (Å²) in [6, 6.07) is 9.01. The van der Waals surface area contributed by atoms with Gasteiger partial charge in [0.2, 0.25) is 5.91 Å². The standard InChI is InChI=1S/C17H21N5O3/c1-21(12-16(23)19-8-10-25-2)11-15-20-14-6-4-3-5-13(14)17(24)22(15)9-7-18/h3-6H,8-12H2,1-2H3,(H,19,23). The molecule has 0 aliphatic rings. The fourth-order valence-corrected chi connectivity index (χ4v) is 2.46. The highest BCUT2D eigenvalue weighted by Gasteiger charge is 2.14. The molecule has 0 spiro atoms. The lowest BCUT2D eigenvalue weighted by Gasteiger charge is -2.18. The molecule has 25 heavy (non-hydrogen) atoms. The fraction of sp³-hybridized carbons (Fsp3) is 0.412. The van der Waals surface area contributed by atoms with Gasteiger partial charge in [0.1, 0.15) is 12.4 Å². The minimum Gasteiger partial charge on any atom is -0.383 e. The zero-order valence-corrected chi connectivity index (χ0v) is 14.4. The summed E-state index contributed by atoms with van der Waals surface area (Å²) in [5.74, 6) is 0.312. The van der Waals surface area contributed by atoms with Crippen LogP contribution in [-0.4, -0.2) is 54.2 Å². The molecule has 0 saturated heterocycles. The number of hydrogen-bond donors (Lipinski definition) is 1. The van der Waals surface area contributed by atoms with Gasteiger partial charge in [0, 0.05) is 13.7 Å². The van der Waals surface area contributed by atoms with E-state index < -0.39 is 0 Å². The van der Waals surface area contributed by atoms with Crippen molar-refractivity contribution < 1.29 is 9.53 Å². The Labute approximate surface area is 145 Å². The normalized spacial score (nSPS) is 10.8. The molecule has 0 saturated carbocycles. The van der Waals surface area contributed by atoms with Crippen LogP contribution in [0.2, 0.25) is 0 Å². The second-order valence-electron chi connectivity index (χ2n) is 5.61. The fourth-order valence-electron chi connectivity index (χ4n) is 2.46. The van der Waals surface area contributed by atoms with Crippen LogP contribution in [0.3, 0.4) is 0 Å². The molecule has 1 amide bonds. The van der Waals surface area contributed by atoms with Gasteiger partial charge >= 0.3 is 0 Å². The minimum absolute atomic E-state index is 0.0835. The van der Waals surface area contributed by atoms with Crippen LogP contribution in [0.15, 0.2) is 29.1 Å². The molecule has 1 aromatic heterocycles. The highest BCUT2D eigenvalue weighted by molar-refractivity contribution is 5.78. The Bertz CT molecular complexity index is 840. The maximum absolute atomic E-state index is 12.6. The first kappa shape index (κ1) is 18.6. The molecule has 0 aliphatic carbocycles. The van der Waals surface area contributed by atoms with E-state index in [-0.39, 0.29) is 31.1 Å². The van der Waals surface area contributed by atoms with Crippen molar-refractivity contribution in [2.24, 2.45) is 0 Å². The maximum Gasteiger partial charge on any atom is 0.262 e. The van der Waals surface area contributed by atoms with Gasteiger partial charge in [-0.2, -0.15) is 5.26 Å². The lowest BCUT2D eigenvalue weighted by molar-refractivity contribution is -0.122. The second-order valence-corrected chi connectivity index (χ2v) is 5.61. The molecule has 0 atom stereocenters. The molecule has 8 heteroatoms. The van der Waals surface area contributed by atoms with Crippen molar-refractivity contribution in [1.82, 2.24) is 19.8 Å². The summed E-state index contributed by atoms with van der Waals surface area (Å²) in [5, 5.41) is 12.2. The number of nitriles is 1. The Morgan fingerprint density at radius 3 is 2.92 bits per heavy atom. The Morgan fingerprint density at radius 1 is 1.44 bits per heavy atom. The van der Waals surface area contributed by atoms with E-state index in [1.807, 2.05) is 6.07 Å². The molecule has 1 heterocycles. The third-order valence-electron chi connectivity index (χ3n) is 3.62. The number of rotatable bonds is 8. The van der Waals surface area contributed by atoms with Gasteiger partial charge in [0.15, 0.2) is 0 Å². The van der Waals surface area contributed by atoms with E-state index in [2.05, 4.69) is 10.3 Å². The first-order valence-corrected chi connectivity index (χ1v) is 7.86. The molecular formula is C17H21N5O3. The van der Waals surface area contributed by atoms with Gasteiger partial charge in [-0.05, 0) is 19.2 Å². The van der Waals surface area contributed by atoms with Crippen molar-refractivity contribution in [3.05, 3.63) is 40.4 Å². The molecule has 0 aliphatic heterocycles. The van der Waals surface area contributed by atoms with Crippen molar-refractivity contribution in [2.75, 3.05) is 33.9 Å². The number of fused-ring (bicyclic) bond motifs is 1. The molecule has 8 nitrogen and oxygen atoms in total. The predicted molar refractivity (Wildman–Crippen MR) is 92.8 cm³/mol. The summed E-state index contributed by atoms with van der Waals surface area (Å²) in [6.45, 7) is 1.23. The SMILES string of the molecule is COCCNC(=O)CN(C)Cc1nc2ccccc2c(=O)n1CC#N. The van der Waals surface area contributed by atoms with Crippen molar-refractivity contribution in [1.29, 1.82) is 5.26 Å². The van der Waals surface area contributed by atoms with Gasteiger partial charge in [-0.3, -0.25) is 19.1 Å². The van der Waals surface area contributed by atoms with Crippen molar-refractivity contribution in [2.45, 2.75) is 13.1 Å². The number of amides is 1. The first-order valence-electron chi connectivity index (χ1n) is 7.86. The van der Waals surface area contributed by atoms with Crippen molar-refractivity contribution in [3.8, 4) is 6.07 Å². The first-order chi connectivity index (χ1) is 12.1. The predicted octanol–water partition coefficient (Wildman–Crippen LogP) is 0.114. The number of carbonyl (C=O) groups excluding carboxylic acids is 1. The number of para-hydroxylation sites is 1. The number of likely N-dealkylation sites (N-methyl/N-ethyl adjacent to an activating group) is 1. The summed E-state index contributed by atoms with van der Waals surface area (Å²) in [4.78, 5) is 30.7. The highest BCUT2D eigenvalue weighted by atomic mass is 16.5. The van der Waals surface area contributed by atoms with Crippen LogP contribution >= 0.6 is 0 Å². The zero-order chi connectivity index (χ0) is 18.2. The number of nitrogens with zero attached hydrogens (tertiary/aromatic N) is 4. The molecular weight excluding hydrogens is 322 g/mol. The molecule has 2 aromatic rings. The summed E-state index contributed by atoms with van der Waals surface area (Å²) in [5.41, 5.74) is 0.328. The summed E-state index contributed by atoms with van der Waals surface area (Å²) >= 11 is 0. The summed E-state index contributed by atoms with van der Waals surface area (Å²) in [6.07, 6.45) is 0. The van der Waals surface area contributed by atoms with Crippen LogP contribution in [-0.2, 0) is 22.6 Å². The van der Waals surface area contributed by atoms with Gasteiger partial charge < -0.3 is 10.1 Å². The highest BCUT2D eigenvalue weighted by Crippen LogP contribution is 2.09. The van der Waals surface area contributed by atoms with Gasteiger partial charge in [0.05, 0.1) is 36.7 Å². The lowest BCUT2D eigenvalue weighted by Crippen LogP contribution is -2.37. The Balaban J connectivity index is 2.19. The smallest absolute Gasteiger partial charge is 0.262 e. The molecule has 0 radical (unpaired) electrons. The van der Waals surface area contributed by atoms with Crippen LogP contribution in [0.25, 0.3) is 10.9 Å². The number of hydrogen-bond acceptors (Lipinski definition) is 6. The zero-order valence-electron chi connectivity index (χ0n) is 14.4. The molecule has 132 valence electrons. The molecule has 0 bridgehead atoms. The number of aromatic nitrogens is 2. The average molecular weight is 343 g/mol. The Kier molecular flexibility index (Phi) is 6.62. The number of benzene rings is 1. The number of ether oxygens (including phenoxy) is 1. The lowest BCUT2D eigenvalue weighted by atomic mass is 10.2. The third kappa shape index (κ3) is 4.86. The van der Waals surface area contributed by atoms with Gasteiger partial charge in [0.25, 0.3) is 5.56 Å². The van der Waals surface area contributed by atoms with Gasteiger partial charge in [-0.1, -0.05) is 12.1 Å².